The fourth-order valence-electron chi connectivity index (χ4n) is 1.55. The molecule has 0 bridgehead atoms. The van der Waals surface area contributed by atoms with Crippen LogP contribution in [0.4, 0.5) is 0 Å². The van der Waals surface area contributed by atoms with Gasteiger partial charge in [0.15, 0.2) is 0 Å². The van der Waals surface area contributed by atoms with Crippen molar-refractivity contribution in [2.75, 3.05) is 0 Å². The van der Waals surface area contributed by atoms with E-state index in [1.807, 2.05) is 6.07 Å². The molecular weight excluding hydrogens is 172 g/mol. The molecule has 0 saturated carbocycles. The molecule has 1 aromatic rings. The molecule has 2 heteroatoms. The summed E-state index contributed by atoms with van der Waals surface area (Å²) in [5, 5.41) is 7.93. The molecule has 14 heavy (non-hydrogen) atoms. The number of aromatic nitrogens is 2. The Morgan fingerprint density at radius 2 is 1.86 bits per heavy atom. The summed E-state index contributed by atoms with van der Waals surface area (Å²) in [6.45, 7) is 2.25. The third-order valence-corrected chi connectivity index (χ3v) is 2.41. The molecule has 0 aliphatic carbocycles. The second-order valence-electron chi connectivity index (χ2n) is 3.73. The molecule has 1 aromatic heterocycles. The van der Waals surface area contributed by atoms with Gasteiger partial charge in [0.25, 0.3) is 0 Å². The van der Waals surface area contributed by atoms with Gasteiger partial charge in [0.1, 0.15) is 0 Å². The van der Waals surface area contributed by atoms with E-state index in [1.165, 1.54) is 38.5 Å². The van der Waals surface area contributed by atoms with Gasteiger partial charge < -0.3 is 0 Å². The summed E-state index contributed by atoms with van der Waals surface area (Å²) in [6, 6.07) is 4.01. The number of hydrogen-bond donors (Lipinski definition) is 0. The zero-order chi connectivity index (χ0) is 10.1. The number of hydrogen-bond acceptors (Lipinski definition) is 2. The summed E-state index contributed by atoms with van der Waals surface area (Å²) in [5.41, 5.74) is 1.13. The molecule has 0 fully saturated rings. The Bertz CT molecular complexity index is 221. The average Bonchev–Trinajstić information content (AvgIpc) is 2.25. The first-order valence-corrected chi connectivity index (χ1v) is 5.70. The first-order chi connectivity index (χ1) is 6.93. The topological polar surface area (TPSA) is 25.8 Å². The Morgan fingerprint density at radius 3 is 2.57 bits per heavy atom. The molecule has 1 heterocycles. The number of rotatable bonds is 7. The van der Waals surface area contributed by atoms with Crippen molar-refractivity contribution in [1.29, 1.82) is 0 Å². The van der Waals surface area contributed by atoms with Crippen LogP contribution in [-0.2, 0) is 6.42 Å². The summed E-state index contributed by atoms with van der Waals surface area (Å²) in [6.07, 6.45) is 10.9. The van der Waals surface area contributed by atoms with Crippen LogP contribution in [0.2, 0.25) is 0 Å². The van der Waals surface area contributed by atoms with Crippen LogP contribution in [0.3, 0.4) is 0 Å². The van der Waals surface area contributed by atoms with E-state index in [0.717, 1.165) is 12.1 Å². The van der Waals surface area contributed by atoms with Gasteiger partial charge in [-0.05, 0) is 25.0 Å². The van der Waals surface area contributed by atoms with E-state index in [1.54, 1.807) is 6.20 Å². The maximum absolute atomic E-state index is 4.06. The minimum Gasteiger partial charge on any atom is -0.159 e. The van der Waals surface area contributed by atoms with Crippen molar-refractivity contribution >= 4 is 0 Å². The van der Waals surface area contributed by atoms with E-state index in [-0.39, 0.29) is 0 Å². The minimum atomic E-state index is 1.08. The van der Waals surface area contributed by atoms with Gasteiger partial charge in [-0.1, -0.05) is 39.0 Å². The van der Waals surface area contributed by atoms with E-state index in [4.69, 9.17) is 0 Å². The van der Waals surface area contributed by atoms with Crippen LogP contribution in [0.25, 0.3) is 0 Å². The lowest BCUT2D eigenvalue weighted by Gasteiger charge is -1.99. The third-order valence-electron chi connectivity index (χ3n) is 2.41. The predicted octanol–water partition coefficient (Wildman–Crippen LogP) is 3.38. The van der Waals surface area contributed by atoms with Crippen LogP contribution >= 0.6 is 0 Å². The quantitative estimate of drug-likeness (QED) is 0.619. The summed E-state index contributed by atoms with van der Waals surface area (Å²) in [7, 11) is 0. The van der Waals surface area contributed by atoms with Crippen LogP contribution in [0, 0.1) is 0 Å². The lowest BCUT2D eigenvalue weighted by atomic mass is 10.1. The van der Waals surface area contributed by atoms with Gasteiger partial charge in [-0.2, -0.15) is 10.2 Å². The van der Waals surface area contributed by atoms with E-state index >= 15 is 0 Å². The SMILES string of the molecule is CCCCCCCCc1cccnn1. The van der Waals surface area contributed by atoms with Gasteiger partial charge in [0.05, 0.1) is 5.69 Å². The molecule has 0 aliphatic heterocycles. The zero-order valence-corrected chi connectivity index (χ0v) is 9.08. The summed E-state index contributed by atoms with van der Waals surface area (Å²) >= 11 is 0. The Hall–Kier alpha value is -0.920. The molecule has 1 rings (SSSR count). The Morgan fingerprint density at radius 1 is 1.07 bits per heavy atom. The summed E-state index contributed by atoms with van der Waals surface area (Å²) in [5.74, 6) is 0. The Kier molecular flexibility index (Phi) is 5.96. The molecule has 0 unspecified atom stereocenters. The summed E-state index contributed by atoms with van der Waals surface area (Å²) in [4.78, 5) is 0. The van der Waals surface area contributed by atoms with Gasteiger partial charge in [-0.15, -0.1) is 0 Å². The van der Waals surface area contributed by atoms with Crippen molar-refractivity contribution in [3.05, 3.63) is 24.0 Å². The average molecular weight is 192 g/mol. The van der Waals surface area contributed by atoms with E-state index in [2.05, 4.69) is 23.2 Å². The van der Waals surface area contributed by atoms with E-state index in [0.29, 0.717) is 0 Å². The highest BCUT2D eigenvalue weighted by Gasteiger charge is 1.94. The molecule has 2 nitrogen and oxygen atoms in total. The van der Waals surface area contributed by atoms with Crippen LogP contribution in [0.1, 0.15) is 51.1 Å². The third kappa shape index (κ3) is 4.95. The number of unbranched alkanes of at least 4 members (excludes halogenated alkanes) is 5. The van der Waals surface area contributed by atoms with Crippen molar-refractivity contribution in [3.63, 3.8) is 0 Å². The van der Waals surface area contributed by atoms with Gasteiger partial charge >= 0.3 is 0 Å². The Balaban J connectivity index is 1.99. The maximum Gasteiger partial charge on any atom is 0.0631 e. The van der Waals surface area contributed by atoms with Gasteiger partial charge in [0.2, 0.25) is 0 Å². The molecule has 0 N–H and O–H groups in total. The van der Waals surface area contributed by atoms with Crippen molar-refractivity contribution in [1.82, 2.24) is 10.2 Å². The molecule has 78 valence electrons. The molecule has 0 saturated heterocycles. The fraction of sp³-hybridized carbons (Fsp3) is 0.667. The highest BCUT2D eigenvalue weighted by Crippen LogP contribution is 2.07. The van der Waals surface area contributed by atoms with Crippen LogP contribution in [0.5, 0.6) is 0 Å². The molecule has 0 radical (unpaired) electrons. The van der Waals surface area contributed by atoms with Crippen LogP contribution in [0.15, 0.2) is 18.3 Å². The lowest BCUT2D eigenvalue weighted by molar-refractivity contribution is 0.603. The van der Waals surface area contributed by atoms with Crippen molar-refractivity contribution in [2.45, 2.75) is 51.9 Å². The number of aryl methyl sites for hydroxylation is 1. The number of nitrogens with zero attached hydrogens (tertiary/aromatic N) is 2. The normalized spacial score (nSPS) is 10.4. The molecule has 0 aliphatic rings. The fourth-order valence-corrected chi connectivity index (χ4v) is 1.55. The highest BCUT2D eigenvalue weighted by molar-refractivity contribution is 4.98. The highest BCUT2D eigenvalue weighted by atomic mass is 15.1. The van der Waals surface area contributed by atoms with Gasteiger partial charge in [0, 0.05) is 6.20 Å². The summed E-state index contributed by atoms with van der Waals surface area (Å²) < 4.78 is 0. The van der Waals surface area contributed by atoms with Gasteiger partial charge in [-0.3, -0.25) is 0 Å². The smallest absolute Gasteiger partial charge is 0.0631 e. The molecule has 0 aromatic carbocycles. The first kappa shape index (κ1) is 11.2. The molecule has 0 atom stereocenters. The van der Waals surface area contributed by atoms with Crippen LogP contribution in [-0.4, -0.2) is 10.2 Å². The van der Waals surface area contributed by atoms with Crippen molar-refractivity contribution < 1.29 is 0 Å². The van der Waals surface area contributed by atoms with E-state index < -0.39 is 0 Å². The minimum absolute atomic E-state index is 1.08. The Labute approximate surface area is 86.8 Å². The maximum atomic E-state index is 4.06. The van der Waals surface area contributed by atoms with Crippen molar-refractivity contribution in [3.8, 4) is 0 Å². The zero-order valence-electron chi connectivity index (χ0n) is 9.08. The second-order valence-corrected chi connectivity index (χ2v) is 3.73. The van der Waals surface area contributed by atoms with Gasteiger partial charge in [-0.25, -0.2) is 0 Å². The first-order valence-electron chi connectivity index (χ1n) is 5.70. The van der Waals surface area contributed by atoms with Crippen molar-refractivity contribution in [2.24, 2.45) is 0 Å². The molecular formula is C12H20N2. The molecule has 0 amide bonds. The largest absolute Gasteiger partial charge is 0.159 e. The standard InChI is InChI=1S/C12H20N2/c1-2-3-4-5-6-7-9-12-10-8-11-13-14-12/h8,10-11H,2-7,9H2,1H3. The predicted molar refractivity (Wildman–Crippen MR) is 59.1 cm³/mol. The van der Waals surface area contributed by atoms with E-state index in [9.17, 15) is 0 Å². The lowest BCUT2D eigenvalue weighted by Crippen LogP contribution is -1.91. The monoisotopic (exact) mass is 192 g/mol. The molecule has 0 spiro atoms. The second kappa shape index (κ2) is 7.48. The van der Waals surface area contributed by atoms with Crippen LogP contribution < -0.4 is 0 Å².